The van der Waals surface area contributed by atoms with Crippen LogP contribution in [0.3, 0.4) is 0 Å². The Morgan fingerprint density at radius 1 is 0.917 bits per heavy atom. The summed E-state index contributed by atoms with van der Waals surface area (Å²) in [6, 6.07) is 12.8. The van der Waals surface area contributed by atoms with Crippen LogP contribution in [-0.2, 0) is 0 Å². The maximum Gasteiger partial charge on any atom is 0.143 e. The van der Waals surface area contributed by atoms with Crippen molar-refractivity contribution in [3.05, 3.63) is 72.8 Å². The molecule has 0 aliphatic carbocycles. The van der Waals surface area contributed by atoms with E-state index in [1.165, 1.54) is 10.6 Å². The van der Waals surface area contributed by atoms with Gasteiger partial charge >= 0.3 is 0 Å². The molecule has 0 aliphatic rings. The summed E-state index contributed by atoms with van der Waals surface area (Å²) in [4.78, 5) is 0. The second kappa shape index (κ2) is 5.95. The summed E-state index contributed by atoms with van der Waals surface area (Å²) in [6.07, 6.45) is 3.99. The van der Waals surface area contributed by atoms with Crippen LogP contribution in [0.5, 0.6) is 0 Å². The smallest absolute Gasteiger partial charge is 0.143 e. The van der Waals surface area contributed by atoms with Crippen molar-refractivity contribution in [1.29, 1.82) is 0 Å². The SMILES string of the molecule is C=C(C)C=CC(=C)c1cccc2c1oc1c([Si](C)(C)C)cccc12. The molecule has 0 fully saturated rings. The molecule has 3 rings (SSSR count). The first-order valence-electron chi connectivity index (χ1n) is 8.26. The number of rotatable bonds is 4. The molecule has 1 aromatic heterocycles. The second-order valence-corrected chi connectivity index (χ2v) is 12.5. The number of fused-ring (bicyclic) bond motifs is 3. The Hall–Kier alpha value is -2.32. The molecule has 1 heterocycles. The van der Waals surface area contributed by atoms with Crippen molar-refractivity contribution in [1.82, 2.24) is 0 Å². The van der Waals surface area contributed by atoms with Crippen molar-refractivity contribution >= 4 is 40.8 Å². The molecule has 0 N–H and O–H groups in total. The van der Waals surface area contributed by atoms with Gasteiger partial charge in [-0.3, -0.25) is 0 Å². The molecule has 0 aliphatic heterocycles. The fraction of sp³-hybridized carbons (Fsp3) is 0.182. The Morgan fingerprint density at radius 3 is 2.17 bits per heavy atom. The molecule has 0 spiro atoms. The van der Waals surface area contributed by atoms with Crippen molar-refractivity contribution in [3.63, 3.8) is 0 Å². The molecule has 0 radical (unpaired) electrons. The van der Waals surface area contributed by atoms with Gasteiger partial charge in [-0.05, 0) is 17.7 Å². The summed E-state index contributed by atoms with van der Waals surface area (Å²) in [5.74, 6) is 0. The van der Waals surface area contributed by atoms with Crippen molar-refractivity contribution in [2.24, 2.45) is 0 Å². The van der Waals surface area contributed by atoms with Crippen LogP contribution in [0.4, 0.5) is 0 Å². The second-order valence-electron chi connectivity index (χ2n) is 7.42. The first-order valence-corrected chi connectivity index (χ1v) is 11.8. The van der Waals surface area contributed by atoms with E-state index in [-0.39, 0.29) is 0 Å². The monoisotopic (exact) mass is 332 g/mol. The molecular formula is C22H24OSi. The fourth-order valence-electron chi connectivity index (χ4n) is 3.00. The lowest BCUT2D eigenvalue weighted by atomic mass is 10.0. The maximum atomic E-state index is 6.39. The normalized spacial score (nSPS) is 12.3. The highest BCUT2D eigenvalue weighted by atomic mass is 28.3. The lowest BCUT2D eigenvalue weighted by Gasteiger charge is -2.16. The molecule has 0 bridgehead atoms. The molecule has 0 saturated heterocycles. The number of para-hydroxylation sites is 2. The van der Waals surface area contributed by atoms with Gasteiger partial charge < -0.3 is 4.42 Å². The minimum atomic E-state index is -1.48. The summed E-state index contributed by atoms with van der Waals surface area (Å²) >= 11 is 0. The molecule has 0 atom stereocenters. The van der Waals surface area contributed by atoms with Gasteiger partial charge in [0.25, 0.3) is 0 Å². The summed E-state index contributed by atoms with van der Waals surface area (Å²) in [6.45, 7) is 17.2. The third kappa shape index (κ3) is 2.90. The third-order valence-electron chi connectivity index (χ3n) is 4.25. The summed E-state index contributed by atoms with van der Waals surface area (Å²) in [5.41, 5.74) is 4.96. The van der Waals surface area contributed by atoms with Gasteiger partial charge in [-0.1, -0.05) is 86.9 Å². The average molecular weight is 333 g/mol. The van der Waals surface area contributed by atoms with Gasteiger partial charge in [0.15, 0.2) is 0 Å². The van der Waals surface area contributed by atoms with Crippen LogP contribution < -0.4 is 5.19 Å². The highest BCUT2D eigenvalue weighted by Crippen LogP contribution is 2.33. The molecule has 0 amide bonds. The van der Waals surface area contributed by atoms with Crippen LogP contribution in [0.1, 0.15) is 12.5 Å². The third-order valence-corrected chi connectivity index (χ3v) is 6.26. The molecule has 0 saturated carbocycles. The van der Waals surface area contributed by atoms with Crippen molar-refractivity contribution in [2.45, 2.75) is 26.6 Å². The molecule has 1 nitrogen and oxygen atoms in total. The zero-order valence-corrected chi connectivity index (χ0v) is 15.9. The van der Waals surface area contributed by atoms with Gasteiger partial charge in [0.05, 0.1) is 8.07 Å². The first-order chi connectivity index (χ1) is 11.3. The van der Waals surface area contributed by atoms with Gasteiger partial charge in [0.1, 0.15) is 11.2 Å². The highest BCUT2D eigenvalue weighted by Gasteiger charge is 2.23. The van der Waals surface area contributed by atoms with Gasteiger partial charge in [0.2, 0.25) is 0 Å². The van der Waals surface area contributed by atoms with E-state index in [2.05, 4.69) is 69.2 Å². The lowest BCUT2D eigenvalue weighted by Crippen LogP contribution is -2.37. The molecular weight excluding hydrogens is 308 g/mol. The lowest BCUT2D eigenvalue weighted by molar-refractivity contribution is 0.670. The van der Waals surface area contributed by atoms with Crippen LogP contribution in [0.15, 0.2) is 71.7 Å². The Balaban J connectivity index is 2.28. The summed E-state index contributed by atoms with van der Waals surface area (Å²) < 4.78 is 6.39. The van der Waals surface area contributed by atoms with Crippen LogP contribution in [-0.4, -0.2) is 8.07 Å². The zero-order valence-electron chi connectivity index (χ0n) is 14.9. The van der Waals surface area contributed by atoms with E-state index < -0.39 is 8.07 Å². The molecule has 3 aromatic rings. The number of benzene rings is 2. The van der Waals surface area contributed by atoms with E-state index in [9.17, 15) is 0 Å². The van der Waals surface area contributed by atoms with E-state index in [0.717, 1.165) is 33.3 Å². The Morgan fingerprint density at radius 2 is 1.54 bits per heavy atom. The molecule has 122 valence electrons. The van der Waals surface area contributed by atoms with E-state index in [1.807, 2.05) is 19.1 Å². The summed E-state index contributed by atoms with van der Waals surface area (Å²) in [7, 11) is -1.48. The number of allylic oxidation sites excluding steroid dienone is 4. The van der Waals surface area contributed by atoms with E-state index in [4.69, 9.17) is 4.42 Å². The number of hydrogen-bond acceptors (Lipinski definition) is 1. The molecule has 2 heteroatoms. The Bertz CT molecular complexity index is 980. The topological polar surface area (TPSA) is 13.1 Å². The summed E-state index contributed by atoms with van der Waals surface area (Å²) in [5, 5.41) is 3.72. The maximum absolute atomic E-state index is 6.39. The van der Waals surface area contributed by atoms with Gasteiger partial charge in [0, 0.05) is 16.3 Å². The van der Waals surface area contributed by atoms with Crippen LogP contribution in [0.25, 0.3) is 27.5 Å². The highest BCUT2D eigenvalue weighted by molar-refractivity contribution is 6.90. The molecule has 24 heavy (non-hydrogen) atoms. The standard InChI is InChI=1S/C22H24OSi/c1-15(2)13-14-16(3)17-9-7-10-18-19-11-8-12-20(24(4,5)6)22(19)23-21(17)18/h7-14H,1,3H2,2,4-6H3. The first kappa shape index (κ1) is 16.5. The number of furan rings is 1. The van der Waals surface area contributed by atoms with E-state index in [0.29, 0.717) is 0 Å². The Kier molecular flexibility index (Phi) is 4.10. The van der Waals surface area contributed by atoms with Gasteiger partial charge in [-0.15, -0.1) is 0 Å². The van der Waals surface area contributed by atoms with E-state index in [1.54, 1.807) is 0 Å². The van der Waals surface area contributed by atoms with Crippen LogP contribution >= 0.6 is 0 Å². The largest absolute Gasteiger partial charge is 0.456 e. The van der Waals surface area contributed by atoms with Crippen molar-refractivity contribution in [2.75, 3.05) is 0 Å². The fourth-order valence-corrected chi connectivity index (χ4v) is 4.46. The van der Waals surface area contributed by atoms with Crippen molar-refractivity contribution in [3.8, 4) is 0 Å². The predicted octanol–water partition coefficient (Wildman–Crippen LogP) is 6.28. The van der Waals surface area contributed by atoms with Crippen LogP contribution in [0, 0.1) is 0 Å². The molecule has 2 aromatic carbocycles. The predicted molar refractivity (Wildman–Crippen MR) is 110 cm³/mol. The average Bonchev–Trinajstić information content (AvgIpc) is 2.90. The minimum absolute atomic E-state index is 0.926. The van der Waals surface area contributed by atoms with Crippen LogP contribution in [0.2, 0.25) is 19.6 Å². The van der Waals surface area contributed by atoms with E-state index >= 15 is 0 Å². The van der Waals surface area contributed by atoms with Gasteiger partial charge in [-0.25, -0.2) is 0 Å². The van der Waals surface area contributed by atoms with Gasteiger partial charge in [-0.2, -0.15) is 0 Å². The zero-order chi connectivity index (χ0) is 17.5. The van der Waals surface area contributed by atoms with Crippen molar-refractivity contribution < 1.29 is 4.42 Å². The number of hydrogen-bond donors (Lipinski definition) is 0. The molecule has 0 unspecified atom stereocenters. The Labute approximate surface area is 145 Å². The minimum Gasteiger partial charge on any atom is -0.456 e. The quantitative estimate of drug-likeness (QED) is 0.405.